The van der Waals surface area contributed by atoms with E-state index >= 15 is 0 Å². The predicted molar refractivity (Wildman–Crippen MR) is 119 cm³/mol. The third-order valence-corrected chi connectivity index (χ3v) is 5.61. The van der Waals surface area contributed by atoms with Gasteiger partial charge in [0.1, 0.15) is 18.8 Å². The minimum atomic E-state index is -0.661. The lowest BCUT2D eigenvalue weighted by Gasteiger charge is -2.27. The maximum Gasteiger partial charge on any atom is 0.337 e. The van der Waals surface area contributed by atoms with E-state index in [1.807, 2.05) is 19.9 Å². The molecule has 0 aromatic rings. The average molecular weight is 445 g/mol. The first-order valence-corrected chi connectivity index (χ1v) is 10.7. The summed E-state index contributed by atoms with van der Waals surface area (Å²) in [7, 11) is 0. The molecule has 1 aliphatic carbocycles. The molecule has 0 unspecified atom stereocenters. The molecule has 32 heavy (non-hydrogen) atoms. The number of hydrogen-bond donors (Lipinski definition) is 1. The van der Waals surface area contributed by atoms with Crippen LogP contribution in [-0.2, 0) is 28.6 Å². The standard InChI is InChI=1S/C25H32O7/c1-6-19(14-30-23(27)17(4)10-11-26)25(29)32-21-13-16(3)9-7-8-15(2)12-20-22(21)18(5)24(28)31-20/h6,9-10,12,20-22,26H,5,7-8,11,13-14H2,1-4H3/b15-12+,16-9+,17-10+,19-6+/t20-,21-,22+/m1/s1. The third kappa shape index (κ3) is 6.53. The molecule has 0 aromatic carbocycles. The number of esters is 3. The van der Waals surface area contributed by atoms with Gasteiger partial charge in [0.2, 0.25) is 0 Å². The monoisotopic (exact) mass is 444 g/mol. The Morgan fingerprint density at radius 1 is 1.28 bits per heavy atom. The highest BCUT2D eigenvalue weighted by Gasteiger charge is 2.44. The fraction of sp³-hybridized carbons (Fsp3) is 0.480. The van der Waals surface area contributed by atoms with Gasteiger partial charge in [-0.25, -0.2) is 14.4 Å². The van der Waals surface area contributed by atoms with Crippen molar-refractivity contribution in [3.8, 4) is 0 Å². The second-order valence-electron chi connectivity index (χ2n) is 8.13. The quantitative estimate of drug-likeness (QED) is 0.290. The van der Waals surface area contributed by atoms with Crippen LogP contribution in [0.5, 0.6) is 0 Å². The highest BCUT2D eigenvalue weighted by atomic mass is 16.6. The molecule has 2 aliphatic rings. The van der Waals surface area contributed by atoms with E-state index in [9.17, 15) is 14.4 Å². The number of rotatable bonds is 6. The van der Waals surface area contributed by atoms with Crippen LogP contribution in [0.25, 0.3) is 0 Å². The molecule has 1 N–H and O–H groups in total. The zero-order valence-electron chi connectivity index (χ0n) is 19.2. The van der Waals surface area contributed by atoms with Gasteiger partial charge in [0.15, 0.2) is 0 Å². The zero-order valence-corrected chi connectivity index (χ0v) is 19.2. The number of aliphatic hydroxyl groups excluding tert-OH is 1. The van der Waals surface area contributed by atoms with Gasteiger partial charge in [0.25, 0.3) is 0 Å². The van der Waals surface area contributed by atoms with Crippen LogP contribution >= 0.6 is 0 Å². The molecule has 7 nitrogen and oxygen atoms in total. The van der Waals surface area contributed by atoms with E-state index in [1.54, 1.807) is 6.92 Å². The van der Waals surface area contributed by atoms with Crippen LogP contribution in [0, 0.1) is 5.92 Å². The lowest BCUT2D eigenvalue weighted by atomic mass is 9.85. The highest BCUT2D eigenvalue weighted by molar-refractivity contribution is 5.93. The van der Waals surface area contributed by atoms with Crippen LogP contribution in [0.15, 0.2) is 58.7 Å². The molecule has 174 valence electrons. The molecule has 0 saturated carbocycles. The van der Waals surface area contributed by atoms with Gasteiger partial charge >= 0.3 is 17.9 Å². The van der Waals surface area contributed by atoms with Crippen molar-refractivity contribution in [1.82, 2.24) is 0 Å². The second kappa shape index (κ2) is 11.6. The molecule has 1 fully saturated rings. The maximum atomic E-state index is 12.9. The van der Waals surface area contributed by atoms with Crippen molar-refractivity contribution in [2.75, 3.05) is 13.2 Å². The normalized spacial score (nSPS) is 28.0. The summed E-state index contributed by atoms with van der Waals surface area (Å²) in [6.45, 7) is 10.4. The van der Waals surface area contributed by atoms with E-state index in [0.29, 0.717) is 6.42 Å². The summed E-state index contributed by atoms with van der Waals surface area (Å²) >= 11 is 0. The average Bonchev–Trinajstić information content (AvgIpc) is 3.00. The van der Waals surface area contributed by atoms with E-state index in [1.165, 1.54) is 19.1 Å². The minimum Gasteiger partial charge on any atom is -0.458 e. The van der Waals surface area contributed by atoms with Crippen molar-refractivity contribution in [2.45, 2.75) is 59.2 Å². The fourth-order valence-corrected chi connectivity index (χ4v) is 3.68. The Kier molecular flexibility index (Phi) is 9.20. The minimum absolute atomic E-state index is 0.174. The van der Waals surface area contributed by atoms with Crippen LogP contribution in [0.2, 0.25) is 0 Å². The molecule has 0 aromatic heterocycles. The van der Waals surface area contributed by atoms with Gasteiger partial charge < -0.3 is 19.3 Å². The number of allylic oxidation sites excluding steroid dienone is 3. The van der Waals surface area contributed by atoms with Gasteiger partial charge in [-0.3, -0.25) is 0 Å². The zero-order chi connectivity index (χ0) is 23.8. The van der Waals surface area contributed by atoms with E-state index in [-0.39, 0.29) is 29.9 Å². The number of carbonyl (C=O) groups excluding carboxylic acids is 3. The number of aliphatic hydroxyl groups is 1. The van der Waals surface area contributed by atoms with E-state index in [4.69, 9.17) is 19.3 Å². The molecule has 0 amide bonds. The Morgan fingerprint density at radius 3 is 2.66 bits per heavy atom. The topological polar surface area (TPSA) is 99.1 Å². The van der Waals surface area contributed by atoms with Crippen molar-refractivity contribution in [3.63, 3.8) is 0 Å². The number of fused-ring (bicyclic) bond motifs is 1. The molecule has 0 radical (unpaired) electrons. The van der Waals surface area contributed by atoms with Crippen molar-refractivity contribution >= 4 is 17.9 Å². The van der Waals surface area contributed by atoms with Crippen LogP contribution in [0.1, 0.15) is 47.0 Å². The third-order valence-electron chi connectivity index (χ3n) is 5.61. The van der Waals surface area contributed by atoms with Gasteiger partial charge in [-0.1, -0.05) is 29.9 Å². The van der Waals surface area contributed by atoms with Crippen LogP contribution in [-0.4, -0.2) is 48.4 Å². The summed E-state index contributed by atoms with van der Waals surface area (Å²) in [6, 6.07) is 0. The van der Waals surface area contributed by atoms with Crippen LogP contribution in [0.4, 0.5) is 0 Å². The molecule has 0 spiro atoms. The van der Waals surface area contributed by atoms with Gasteiger partial charge in [-0.15, -0.1) is 0 Å². The summed E-state index contributed by atoms with van der Waals surface area (Å²) in [4.78, 5) is 37.1. The smallest absolute Gasteiger partial charge is 0.337 e. The van der Waals surface area contributed by atoms with Crippen LogP contribution in [0.3, 0.4) is 0 Å². The lowest BCUT2D eigenvalue weighted by molar-refractivity contribution is -0.148. The van der Waals surface area contributed by atoms with Crippen molar-refractivity contribution in [1.29, 1.82) is 0 Å². The van der Waals surface area contributed by atoms with E-state index in [0.717, 1.165) is 24.0 Å². The predicted octanol–water partition coefficient (Wildman–Crippen LogP) is 3.50. The van der Waals surface area contributed by atoms with Crippen molar-refractivity contribution < 1.29 is 33.7 Å². The van der Waals surface area contributed by atoms with E-state index < -0.39 is 36.0 Å². The molecular weight excluding hydrogens is 412 g/mol. The Hall–Kier alpha value is -2.93. The van der Waals surface area contributed by atoms with Gasteiger partial charge in [0.05, 0.1) is 18.1 Å². The second-order valence-corrected chi connectivity index (χ2v) is 8.13. The molecule has 2 rings (SSSR count). The number of carbonyl (C=O) groups is 3. The molecular formula is C25H32O7. The Labute approximate surface area is 189 Å². The summed E-state index contributed by atoms with van der Waals surface area (Å²) in [5.41, 5.74) is 2.83. The van der Waals surface area contributed by atoms with Gasteiger partial charge in [-0.05, 0) is 52.7 Å². The van der Waals surface area contributed by atoms with Gasteiger partial charge in [0, 0.05) is 17.6 Å². The molecule has 0 bridgehead atoms. The van der Waals surface area contributed by atoms with E-state index in [2.05, 4.69) is 12.7 Å². The highest BCUT2D eigenvalue weighted by Crippen LogP contribution is 2.36. The molecule has 7 heteroatoms. The van der Waals surface area contributed by atoms with Crippen molar-refractivity contribution in [3.05, 3.63) is 58.7 Å². The molecule has 1 saturated heterocycles. The molecule has 3 atom stereocenters. The molecule has 1 heterocycles. The lowest BCUT2D eigenvalue weighted by Crippen LogP contribution is -2.34. The summed E-state index contributed by atoms with van der Waals surface area (Å²) in [6.07, 6.45) is 7.79. The summed E-state index contributed by atoms with van der Waals surface area (Å²) in [5, 5.41) is 8.89. The first-order valence-electron chi connectivity index (χ1n) is 10.7. The van der Waals surface area contributed by atoms with Crippen LogP contribution < -0.4 is 0 Å². The largest absolute Gasteiger partial charge is 0.458 e. The first kappa shape index (κ1) is 25.3. The maximum absolute atomic E-state index is 12.9. The Balaban J connectivity index is 2.22. The molecule has 1 aliphatic heterocycles. The number of hydrogen-bond acceptors (Lipinski definition) is 7. The number of ether oxygens (including phenoxy) is 3. The first-order chi connectivity index (χ1) is 15.2. The van der Waals surface area contributed by atoms with Gasteiger partial charge in [-0.2, -0.15) is 0 Å². The fourth-order valence-electron chi connectivity index (χ4n) is 3.68. The summed E-state index contributed by atoms with van der Waals surface area (Å²) < 4.78 is 16.5. The SMILES string of the molecule is C=C1C(=O)O[C@@H]2/C=C(\C)CC/C=C(\C)C[C@@H](OC(=O)/C(=C/C)COC(=O)/C(C)=C/CO)[C@@H]12. The Morgan fingerprint density at radius 2 is 2.00 bits per heavy atom. The Bertz CT molecular complexity index is 888. The summed E-state index contributed by atoms with van der Waals surface area (Å²) in [5.74, 6) is -2.26. The van der Waals surface area contributed by atoms with Crippen molar-refractivity contribution in [2.24, 2.45) is 5.92 Å².